The number of nitrogens with one attached hydrogen (secondary N) is 1. The zero-order valence-electron chi connectivity index (χ0n) is 9.49. The molecule has 0 atom stereocenters. The van der Waals surface area contributed by atoms with Crippen LogP contribution in [-0.4, -0.2) is 21.5 Å². The highest BCUT2D eigenvalue weighted by Gasteiger charge is 2.04. The maximum absolute atomic E-state index is 13.0. The summed E-state index contributed by atoms with van der Waals surface area (Å²) >= 11 is 0. The lowest BCUT2D eigenvalue weighted by Gasteiger charge is -1.97. The molecule has 0 aromatic carbocycles. The molecule has 0 saturated carbocycles. The Morgan fingerprint density at radius 2 is 2.12 bits per heavy atom. The predicted molar refractivity (Wildman–Crippen MR) is 63.8 cm³/mol. The number of rotatable bonds is 5. The van der Waals surface area contributed by atoms with Gasteiger partial charge in [-0.05, 0) is 25.5 Å². The number of unbranched alkanes of at least 4 members (excludes halogenated alkanes) is 1. The molecule has 0 aliphatic carbocycles. The number of H-pyrrole nitrogens is 1. The highest BCUT2D eigenvalue weighted by molar-refractivity contribution is 5.56. The maximum atomic E-state index is 13.0. The Labute approximate surface area is 99.1 Å². The summed E-state index contributed by atoms with van der Waals surface area (Å²) in [7, 11) is 0. The number of nitrogens with two attached hydrogens (primary N) is 1. The van der Waals surface area contributed by atoms with Crippen molar-refractivity contribution in [3.63, 3.8) is 0 Å². The zero-order chi connectivity index (χ0) is 12.1. The normalized spacial score (nSPS) is 10.7. The lowest BCUT2D eigenvalue weighted by atomic mass is 10.2. The van der Waals surface area contributed by atoms with E-state index in [0.29, 0.717) is 12.1 Å². The molecule has 5 heteroatoms. The van der Waals surface area contributed by atoms with Gasteiger partial charge in [0.05, 0.1) is 18.1 Å². The molecular weight excluding hydrogens is 219 g/mol. The smallest absolute Gasteiger partial charge is 0.142 e. The standard InChI is InChI=1S/C12H15FN4/c13-10-5-9(6-15-7-10)11-8-16-12(17-11)3-1-2-4-14/h5-8H,1-4,14H2,(H,16,17). The molecule has 2 aromatic rings. The summed E-state index contributed by atoms with van der Waals surface area (Å²) in [6.07, 6.45) is 7.35. The number of aromatic amines is 1. The van der Waals surface area contributed by atoms with Crippen molar-refractivity contribution in [1.82, 2.24) is 15.0 Å². The number of hydrogen-bond acceptors (Lipinski definition) is 3. The van der Waals surface area contributed by atoms with Gasteiger partial charge in [-0.25, -0.2) is 9.37 Å². The van der Waals surface area contributed by atoms with E-state index >= 15 is 0 Å². The van der Waals surface area contributed by atoms with Crippen LogP contribution in [0.15, 0.2) is 24.7 Å². The Hall–Kier alpha value is -1.75. The van der Waals surface area contributed by atoms with E-state index in [1.165, 1.54) is 12.3 Å². The SMILES string of the molecule is NCCCCc1ncc(-c2cncc(F)c2)[nH]1. The van der Waals surface area contributed by atoms with E-state index in [9.17, 15) is 4.39 Å². The first-order valence-electron chi connectivity index (χ1n) is 5.64. The number of imidazole rings is 1. The summed E-state index contributed by atoms with van der Waals surface area (Å²) in [4.78, 5) is 11.2. The molecule has 2 rings (SSSR count). The van der Waals surface area contributed by atoms with Gasteiger partial charge in [0.15, 0.2) is 0 Å². The molecular formula is C12H15FN4. The van der Waals surface area contributed by atoms with Gasteiger partial charge in [-0.15, -0.1) is 0 Å². The van der Waals surface area contributed by atoms with Crippen molar-refractivity contribution in [2.24, 2.45) is 5.73 Å². The van der Waals surface area contributed by atoms with Crippen LogP contribution in [0.2, 0.25) is 0 Å². The van der Waals surface area contributed by atoms with Crippen LogP contribution in [0.3, 0.4) is 0 Å². The van der Waals surface area contributed by atoms with Crippen LogP contribution in [0.4, 0.5) is 4.39 Å². The Kier molecular flexibility index (Phi) is 3.82. The second-order valence-corrected chi connectivity index (χ2v) is 3.88. The molecule has 0 saturated heterocycles. The maximum Gasteiger partial charge on any atom is 0.142 e. The van der Waals surface area contributed by atoms with E-state index in [1.807, 2.05) is 0 Å². The van der Waals surface area contributed by atoms with Crippen molar-refractivity contribution in [2.45, 2.75) is 19.3 Å². The number of halogens is 1. The molecule has 0 radical (unpaired) electrons. The Balaban J connectivity index is 2.07. The van der Waals surface area contributed by atoms with Gasteiger partial charge in [0, 0.05) is 18.2 Å². The molecule has 0 aliphatic heterocycles. The van der Waals surface area contributed by atoms with E-state index in [4.69, 9.17) is 5.73 Å². The molecule has 4 nitrogen and oxygen atoms in total. The van der Waals surface area contributed by atoms with Gasteiger partial charge in [0.2, 0.25) is 0 Å². The van der Waals surface area contributed by atoms with Crippen molar-refractivity contribution in [1.29, 1.82) is 0 Å². The van der Waals surface area contributed by atoms with Gasteiger partial charge in [-0.1, -0.05) is 0 Å². The van der Waals surface area contributed by atoms with Crippen LogP contribution in [0.25, 0.3) is 11.3 Å². The monoisotopic (exact) mass is 234 g/mol. The van der Waals surface area contributed by atoms with Gasteiger partial charge < -0.3 is 10.7 Å². The number of nitrogens with zero attached hydrogens (tertiary/aromatic N) is 2. The number of aryl methyl sites for hydroxylation is 1. The van der Waals surface area contributed by atoms with Crippen LogP contribution >= 0.6 is 0 Å². The topological polar surface area (TPSA) is 67.6 Å². The molecule has 3 N–H and O–H groups in total. The molecule has 0 fully saturated rings. The molecule has 2 aromatic heterocycles. The molecule has 0 amide bonds. The minimum absolute atomic E-state index is 0.346. The average molecular weight is 234 g/mol. The summed E-state index contributed by atoms with van der Waals surface area (Å²) in [5.41, 5.74) is 6.93. The fourth-order valence-corrected chi connectivity index (χ4v) is 1.63. The first-order valence-corrected chi connectivity index (χ1v) is 5.64. The number of hydrogen-bond donors (Lipinski definition) is 2. The fourth-order valence-electron chi connectivity index (χ4n) is 1.63. The fraction of sp³-hybridized carbons (Fsp3) is 0.333. The zero-order valence-corrected chi connectivity index (χ0v) is 9.49. The van der Waals surface area contributed by atoms with Crippen molar-refractivity contribution in [3.05, 3.63) is 36.3 Å². The van der Waals surface area contributed by atoms with Gasteiger partial charge in [-0.3, -0.25) is 4.98 Å². The van der Waals surface area contributed by atoms with Gasteiger partial charge in [-0.2, -0.15) is 0 Å². The van der Waals surface area contributed by atoms with E-state index in [1.54, 1.807) is 12.4 Å². The summed E-state index contributed by atoms with van der Waals surface area (Å²) in [5.74, 6) is 0.555. The third kappa shape index (κ3) is 3.10. The van der Waals surface area contributed by atoms with Crippen LogP contribution in [0, 0.1) is 5.82 Å². The third-order valence-electron chi connectivity index (χ3n) is 2.51. The molecule has 2 heterocycles. The van der Waals surface area contributed by atoms with Gasteiger partial charge >= 0.3 is 0 Å². The molecule has 0 aliphatic rings. The Morgan fingerprint density at radius 3 is 2.88 bits per heavy atom. The van der Waals surface area contributed by atoms with Crippen molar-refractivity contribution in [3.8, 4) is 11.3 Å². The van der Waals surface area contributed by atoms with E-state index < -0.39 is 0 Å². The van der Waals surface area contributed by atoms with Crippen molar-refractivity contribution >= 4 is 0 Å². The molecule has 90 valence electrons. The predicted octanol–water partition coefficient (Wildman–Crippen LogP) is 1.89. The van der Waals surface area contributed by atoms with Gasteiger partial charge in [0.25, 0.3) is 0 Å². The highest BCUT2D eigenvalue weighted by Crippen LogP contribution is 2.17. The quantitative estimate of drug-likeness (QED) is 0.776. The Bertz CT molecular complexity index is 481. The minimum Gasteiger partial charge on any atom is -0.342 e. The summed E-state index contributed by atoms with van der Waals surface area (Å²) < 4.78 is 13.0. The van der Waals surface area contributed by atoms with E-state index in [0.717, 1.165) is 30.8 Å². The largest absolute Gasteiger partial charge is 0.342 e. The van der Waals surface area contributed by atoms with Crippen LogP contribution < -0.4 is 5.73 Å². The highest BCUT2D eigenvalue weighted by atomic mass is 19.1. The summed E-state index contributed by atoms with van der Waals surface area (Å²) in [6.45, 7) is 0.696. The summed E-state index contributed by atoms with van der Waals surface area (Å²) in [6, 6.07) is 1.43. The lowest BCUT2D eigenvalue weighted by Crippen LogP contribution is -1.99. The molecule has 0 unspecified atom stereocenters. The van der Waals surface area contributed by atoms with Crippen LogP contribution in [0.5, 0.6) is 0 Å². The van der Waals surface area contributed by atoms with Crippen molar-refractivity contribution in [2.75, 3.05) is 6.54 Å². The molecule has 0 spiro atoms. The third-order valence-corrected chi connectivity index (χ3v) is 2.51. The average Bonchev–Trinajstić information content (AvgIpc) is 2.78. The number of aromatic nitrogens is 3. The van der Waals surface area contributed by atoms with Crippen LogP contribution in [-0.2, 0) is 6.42 Å². The number of pyridine rings is 1. The summed E-state index contributed by atoms with van der Waals surface area (Å²) in [5, 5.41) is 0. The molecule has 17 heavy (non-hydrogen) atoms. The van der Waals surface area contributed by atoms with Crippen LogP contribution in [0.1, 0.15) is 18.7 Å². The van der Waals surface area contributed by atoms with Gasteiger partial charge in [0.1, 0.15) is 11.6 Å². The van der Waals surface area contributed by atoms with E-state index in [2.05, 4.69) is 15.0 Å². The van der Waals surface area contributed by atoms with E-state index in [-0.39, 0.29) is 5.82 Å². The second-order valence-electron chi connectivity index (χ2n) is 3.88. The first kappa shape index (κ1) is 11.7. The first-order chi connectivity index (χ1) is 8.29. The second kappa shape index (κ2) is 5.54. The molecule has 0 bridgehead atoms. The minimum atomic E-state index is -0.346. The Morgan fingerprint density at radius 1 is 1.24 bits per heavy atom. The van der Waals surface area contributed by atoms with Crippen molar-refractivity contribution < 1.29 is 4.39 Å². The lowest BCUT2D eigenvalue weighted by molar-refractivity contribution is 0.622.